The molecule has 8 nitrogen and oxygen atoms in total. The SMILES string of the molecule is CCNc1nnc(Cn2cccc([N+](=O)[O-])c2=O)s1. The van der Waals surface area contributed by atoms with Gasteiger partial charge in [-0.15, -0.1) is 10.2 Å². The van der Waals surface area contributed by atoms with E-state index in [1.54, 1.807) is 0 Å². The zero-order chi connectivity index (χ0) is 13.8. The second-order valence-electron chi connectivity index (χ2n) is 3.61. The summed E-state index contributed by atoms with van der Waals surface area (Å²) < 4.78 is 1.24. The maximum atomic E-state index is 11.8. The molecule has 0 unspecified atom stereocenters. The fourth-order valence-electron chi connectivity index (χ4n) is 1.47. The van der Waals surface area contributed by atoms with Crippen molar-refractivity contribution < 1.29 is 4.92 Å². The van der Waals surface area contributed by atoms with Gasteiger partial charge in [0.25, 0.3) is 0 Å². The largest absolute Gasteiger partial charge is 0.360 e. The van der Waals surface area contributed by atoms with Crippen molar-refractivity contribution in [2.24, 2.45) is 0 Å². The quantitative estimate of drug-likeness (QED) is 0.650. The third-order valence-electron chi connectivity index (χ3n) is 2.30. The first kappa shape index (κ1) is 13.1. The summed E-state index contributed by atoms with van der Waals surface area (Å²) in [5, 5.41) is 22.8. The van der Waals surface area contributed by atoms with Crippen LogP contribution >= 0.6 is 11.3 Å². The molecule has 1 N–H and O–H groups in total. The molecule has 0 spiro atoms. The first-order chi connectivity index (χ1) is 9.11. The van der Waals surface area contributed by atoms with Gasteiger partial charge in [0, 0.05) is 18.8 Å². The Morgan fingerprint density at radius 2 is 2.32 bits per heavy atom. The number of nitrogens with one attached hydrogen (secondary N) is 1. The number of aromatic nitrogens is 3. The van der Waals surface area contributed by atoms with Gasteiger partial charge in [-0.1, -0.05) is 11.3 Å². The third-order valence-corrected chi connectivity index (χ3v) is 3.16. The average molecular weight is 281 g/mol. The molecule has 0 aromatic carbocycles. The van der Waals surface area contributed by atoms with Gasteiger partial charge in [-0.2, -0.15) is 0 Å². The van der Waals surface area contributed by atoms with E-state index < -0.39 is 16.2 Å². The summed E-state index contributed by atoms with van der Waals surface area (Å²) in [6, 6.07) is 2.65. The van der Waals surface area contributed by atoms with Crippen LogP contribution in [0, 0.1) is 10.1 Å². The fraction of sp³-hybridized carbons (Fsp3) is 0.300. The molecule has 0 aliphatic rings. The number of nitrogens with zero attached hydrogens (tertiary/aromatic N) is 4. The Bertz CT molecular complexity index is 651. The number of nitro groups is 1. The minimum Gasteiger partial charge on any atom is -0.360 e. The molecule has 0 bridgehead atoms. The third kappa shape index (κ3) is 2.94. The zero-order valence-corrected chi connectivity index (χ0v) is 10.9. The van der Waals surface area contributed by atoms with E-state index in [2.05, 4.69) is 15.5 Å². The Balaban J connectivity index is 2.25. The average Bonchev–Trinajstić information content (AvgIpc) is 2.79. The molecule has 2 aromatic rings. The molecule has 0 aliphatic heterocycles. The van der Waals surface area contributed by atoms with Gasteiger partial charge in [-0.3, -0.25) is 14.9 Å². The second-order valence-corrected chi connectivity index (χ2v) is 4.68. The Morgan fingerprint density at radius 1 is 1.53 bits per heavy atom. The Labute approximate surface area is 111 Å². The molecule has 100 valence electrons. The van der Waals surface area contributed by atoms with Crippen LogP contribution in [0.5, 0.6) is 0 Å². The summed E-state index contributed by atoms with van der Waals surface area (Å²) in [5.41, 5.74) is -1.09. The summed E-state index contributed by atoms with van der Waals surface area (Å²) in [6.07, 6.45) is 1.49. The van der Waals surface area contributed by atoms with Crippen molar-refractivity contribution in [3.63, 3.8) is 0 Å². The summed E-state index contributed by atoms with van der Waals surface area (Å²) in [6.45, 7) is 2.83. The minimum atomic E-state index is -0.691. The van der Waals surface area contributed by atoms with Crippen LogP contribution in [0.15, 0.2) is 23.1 Å². The van der Waals surface area contributed by atoms with Gasteiger partial charge in [0.2, 0.25) is 5.13 Å². The highest BCUT2D eigenvalue weighted by Gasteiger charge is 2.14. The maximum absolute atomic E-state index is 11.8. The Hall–Kier alpha value is -2.29. The minimum absolute atomic E-state index is 0.170. The topological polar surface area (TPSA) is 103 Å². The van der Waals surface area contributed by atoms with Gasteiger partial charge in [0.1, 0.15) is 5.01 Å². The zero-order valence-electron chi connectivity index (χ0n) is 10.1. The number of pyridine rings is 1. The van der Waals surface area contributed by atoms with E-state index in [1.807, 2.05) is 6.92 Å². The molecule has 2 heterocycles. The Kier molecular flexibility index (Phi) is 3.85. The van der Waals surface area contributed by atoms with Crippen LogP contribution in [-0.2, 0) is 6.54 Å². The first-order valence-corrected chi connectivity index (χ1v) is 6.33. The highest BCUT2D eigenvalue weighted by atomic mass is 32.1. The van der Waals surface area contributed by atoms with Crippen molar-refractivity contribution >= 4 is 22.2 Å². The monoisotopic (exact) mass is 281 g/mol. The number of hydrogen-bond donors (Lipinski definition) is 1. The lowest BCUT2D eigenvalue weighted by molar-refractivity contribution is -0.386. The van der Waals surface area contributed by atoms with Gasteiger partial charge >= 0.3 is 11.2 Å². The van der Waals surface area contributed by atoms with Crippen molar-refractivity contribution in [1.82, 2.24) is 14.8 Å². The van der Waals surface area contributed by atoms with Crippen molar-refractivity contribution in [2.45, 2.75) is 13.5 Å². The molecule has 0 saturated carbocycles. The summed E-state index contributed by atoms with van der Waals surface area (Å²) >= 11 is 1.31. The molecule has 19 heavy (non-hydrogen) atoms. The molecule has 9 heteroatoms. The van der Waals surface area contributed by atoms with Crippen LogP contribution in [0.3, 0.4) is 0 Å². The van der Waals surface area contributed by atoms with Crippen LogP contribution in [0.2, 0.25) is 0 Å². The van der Waals surface area contributed by atoms with E-state index in [-0.39, 0.29) is 6.54 Å². The van der Waals surface area contributed by atoms with Crippen LogP contribution in [0.4, 0.5) is 10.8 Å². The smallest absolute Gasteiger partial charge is 0.334 e. The van der Waals surface area contributed by atoms with Crippen LogP contribution in [0.1, 0.15) is 11.9 Å². The maximum Gasteiger partial charge on any atom is 0.334 e. The second kappa shape index (κ2) is 5.57. The van der Waals surface area contributed by atoms with Gasteiger partial charge < -0.3 is 9.88 Å². The molecule has 0 fully saturated rings. The fourth-order valence-corrected chi connectivity index (χ4v) is 2.28. The van der Waals surface area contributed by atoms with Crippen LogP contribution in [0.25, 0.3) is 0 Å². The highest BCUT2D eigenvalue weighted by Crippen LogP contribution is 2.15. The van der Waals surface area contributed by atoms with E-state index in [9.17, 15) is 14.9 Å². The molecule has 0 atom stereocenters. The van der Waals surface area contributed by atoms with Gasteiger partial charge in [0.15, 0.2) is 0 Å². The first-order valence-electron chi connectivity index (χ1n) is 5.52. The lowest BCUT2D eigenvalue weighted by atomic mass is 10.4. The molecule has 2 rings (SSSR count). The van der Waals surface area contributed by atoms with Crippen molar-refractivity contribution in [3.05, 3.63) is 43.8 Å². The van der Waals surface area contributed by atoms with Gasteiger partial charge in [-0.25, -0.2) is 0 Å². The molecular weight excluding hydrogens is 270 g/mol. The van der Waals surface area contributed by atoms with Crippen LogP contribution in [-0.4, -0.2) is 26.2 Å². The number of rotatable bonds is 5. The normalized spacial score (nSPS) is 10.4. The highest BCUT2D eigenvalue weighted by molar-refractivity contribution is 7.15. The standard InChI is InChI=1S/C10H11N5O3S/c1-2-11-10-13-12-8(19-10)6-14-5-3-4-7(9(14)16)15(17)18/h3-5H,2,6H2,1H3,(H,11,13). The van der Waals surface area contributed by atoms with Crippen molar-refractivity contribution in [2.75, 3.05) is 11.9 Å². The van der Waals surface area contributed by atoms with E-state index in [1.165, 1.54) is 34.2 Å². The molecular formula is C10H11N5O3S. The number of anilines is 1. The van der Waals surface area contributed by atoms with Gasteiger partial charge in [-0.05, 0) is 13.0 Å². The molecule has 0 radical (unpaired) electrons. The number of hydrogen-bond acceptors (Lipinski definition) is 7. The molecule has 0 aliphatic carbocycles. The van der Waals surface area contributed by atoms with Gasteiger partial charge in [0.05, 0.1) is 11.5 Å². The molecule has 0 amide bonds. The van der Waals surface area contributed by atoms with Crippen molar-refractivity contribution in [1.29, 1.82) is 0 Å². The van der Waals surface area contributed by atoms with Crippen LogP contribution < -0.4 is 10.9 Å². The molecule has 2 aromatic heterocycles. The van der Waals surface area contributed by atoms with E-state index in [4.69, 9.17) is 0 Å². The lowest BCUT2D eigenvalue weighted by Crippen LogP contribution is -2.22. The molecule has 0 saturated heterocycles. The summed E-state index contributed by atoms with van der Waals surface area (Å²) in [4.78, 5) is 21.8. The van der Waals surface area contributed by atoms with E-state index in [0.717, 1.165) is 6.54 Å². The van der Waals surface area contributed by atoms with E-state index in [0.29, 0.717) is 10.1 Å². The van der Waals surface area contributed by atoms with Crippen molar-refractivity contribution in [3.8, 4) is 0 Å². The summed E-state index contributed by atoms with van der Waals surface area (Å²) in [5.74, 6) is 0. The van der Waals surface area contributed by atoms with E-state index >= 15 is 0 Å². The Morgan fingerprint density at radius 3 is 3.00 bits per heavy atom. The lowest BCUT2D eigenvalue weighted by Gasteiger charge is -2.01. The predicted molar refractivity (Wildman–Crippen MR) is 70.5 cm³/mol. The summed E-state index contributed by atoms with van der Waals surface area (Å²) in [7, 11) is 0. The predicted octanol–water partition coefficient (Wildman–Crippen LogP) is 1.09.